The van der Waals surface area contributed by atoms with Gasteiger partial charge in [0.15, 0.2) is 0 Å². The summed E-state index contributed by atoms with van der Waals surface area (Å²) in [5.74, 6) is 3.61. The molecule has 58 heavy (non-hydrogen) atoms. The van der Waals surface area contributed by atoms with Crippen molar-refractivity contribution in [1.82, 2.24) is 49.7 Å². The van der Waals surface area contributed by atoms with Gasteiger partial charge >= 0.3 is 0 Å². The molecular weight excluding hydrogens is 719 g/mol. The lowest BCUT2D eigenvalue weighted by molar-refractivity contribution is 0.348. The van der Waals surface area contributed by atoms with E-state index in [2.05, 4.69) is 120 Å². The third-order valence-electron chi connectivity index (χ3n) is 11.4. The maximum atomic E-state index is 4.94. The van der Waals surface area contributed by atoms with E-state index in [1.54, 1.807) is 0 Å². The standard InChI is InChI=1S/C23H26N6.C22H21N5.C2H6/c1-14-12-29(13-14)23-15(2)25-20(26-16(23)3)9-10-21-27-22-17-6-5-11-24-18(17)7-8-19(22)28(21)4;1-14-16-6-3-4-8-20(16)25-21(24-14)10-9-18-15(2)27-13-11-19-17(22(27)26-18)7-5-12-23-19;1-2/h5-8,11,14H,9-10,12-13H2,1-4H3;3-8,11-13,22,26H,9-10H2,1-2H3;1-2H3. The Morgan fingerprint density at radius 2 is 1.38 bits per heavy atom. The highest BCUT2D eigenvalue weighted by atomic mass is 15.3. The van der Waals surface area contributed by atoms with Gasteiger partial charge in [0.2, 0.25) is 0 Å². The molecule has 1 atom stereocenters. The number of para-hydroxylation sites is 1. The fourth-order valence-corrected chi connectivity index (χ4v) is 8.50. The number of nitrogens with one attached hydrogen (secondary N) is 1. The van der Waals surface area contributed by atoms with Crippen molar-refractivity contribution in [2.45, 2.75) is 80.3 Å². The first-order chi connectivity index (χ1) is 28.2. The Kier molecular flexibility index (Phi) is 10.9. The molecule has 0 spiro atoms. The van der Waals surface area contributed by atoms with E-state index in [1.165, 1.54) is 22.6 Å². The lowest BCUT2D eigenvalue weighted by atomic mass is 10.0. The van der Waals surface area contributed by atoms with Crippen molar-refractivity contribution < 1.29 is 0 Å². The average molecular weight is 772 g/mol. The zero-order valence-corrected chi connectivity index (χ0v) is 35.0. The summed E-state index contributed by atoms with van der Waals surface area (Å²) in [6, 6.07) is 20.6. The molecule has 1 fully saturated rings. The number of fused-ring (bicyclic) bond motifs is 7. The van der Waals surface area contributed by atoms with Gasteiger partial charge in [-0.1, -0.05) is 45.0 Å². The number of imidazole rings is 1. The number of rotatable bonds is 7. The van der Waals surface area contributed by atoms with Crippen molar-refractivity contribution >= 4 is 44.6 Å². The topological polar surface area (TPSA) is 114 Å². The van der Waals surface area contributed by atoms with Gasteiger partial charge in [-0.3, -0.25) is 9.97 Å². The van der Waals surface area contributed by atoms with E-state index >= 15 is 0 Å². The minimum absolute atomic E-state index is 0.132. The molecule has 7 aromatic rings. The molecule has 2 aromatic carbocycles. The molecule has 8 heterocycles. The van der Waals surface area contributed by atoms with Crippen LogP contribution in [-0.4, -0.2) is 57.4 Å². The van der Waals surface area contributed by atoms with Crippen LogP contribution in [0.15, 0.2) is 90.7 Å². The second-order valence-corrected chi connectivity index (χ2v) is 15.3. The highest BCUT2D eigenvalue weighted by Gasteiger charge is 2.32. The van der Waals surface area contributed by atoms with Crippen molar-refractivity contribution in [2.75, 3.05) is 18.0 Å². The Balaban J connectivity index is 0.000000156. The Morgan fingerprint density at radius 1 is 0.690 bits per heavy atom. The maximum Gasteiger partial charge on any atom is 0.131 e. The largest absolute Gasteiger partial charge is 0.368 e. The zero-order chi connectivity index (χ0) is 40.5. The Bertz CT molecular complexity index is 2660. The van der Waals surface area contributed by atoms with Crippen LogP contribution in [0, 0.1) is 26.7 Å². The zero-order valence-electron chi connectivity index (χ0n) is 35.0. The highest BCUT2D eigenvalue weighted by molar-refractivity contribution is 6.02. The number of aromatic nitrogens is 8. The summed E-state index contributed by atoms with van der Waals surface area (Å²) in [6.07, 6.45) is 11.3. The predicted octanol–water partition coefficient (Wildman–Crippen LogP) is 8.88. The van der Waals surface area contributed by atoms with Gasteiger partial charge in [-0.2, -0.15) is 0 Å². The van der Waals surface area contributed by atoms with E-state index < -0.39 is 0 Å². The molecule has 10 rings (SSSR count). The fourth-order valence-electron chi connectivity index (χ4n) is 8.50. The van der Waals surface area contributed by atoms with Gasteiger partial charge in [0.1, 0.15) is 23.6 Å². The summed E-state index contributed by atoms with van der Waals surface area (Å²) < 4.78 is 2.18. The SMILES string of the molecule is CC.CC1=C(CCc2nc(C)c3ccccc3n2)NC2c3cccnc3C=CN12.Cc1nc(CCc2nc3c4cccnc4ccc3n2C)nc(C)c1N1CC(C)C1. The number of benzene rings is 2. The van der Waals surface area contributed by atoms with Crippen molar-refractivity contribution in [1.29, 1.82) is 0 Å². The number of anilines is 1. The van der Waals surface area contributed by atoms with E-state index in [0.717, 1.165) is 118 Å². The Labute approximate surface area is 341 Å². The van der Waals surface area contributed by atoms with Crippen LogP contribution >= 0.6 is 0 Å². The molecule has 0 saturated carbocycles. The van der Waals surface area contributed by atoms with Gasteiger partial charge in [0.25, 0.3) is 0 Å². The highest BCUT2D eigenvalue weighted by Crippen LogP contribution is 2.37. The summed E-state index contributed by atoms with van der Waals surface area (Å²) in [7, 11) is 2.08. The van der Waals surface area contributed by atoms with E-state index in [9.17, 15) is 0 Å². The second kappa shape index (κ2) is 16.3. The first kappa shape index (κ1) is 38.6. The lowest BCUT2D eigenvalue weighted by Gasteiger charge is -2.40. The van der Waals surface area contributed by atoms with Crippen LogP contribution in [0.1, 0.15) is 86.1 Å². The number of hydrogen-bond acceptors (Lipinski definition) is 10. The third kappa shape index (κ3) is 7.37. The number of pyridine rings is 2. The molecular formula is C47H53N11. The monoisotopic (exact) mass is 771 g/mol. The van der Waals surface area contributed by atoms with Gasteiger partial charge in [0.05, 0.1) is 44.8 Å². The van der Waals surface area contributed by atoms with Crippen LogP contribution in [-0.2, 0) is 26.3 Å². The molecule has 0 bridgehead atoms. The van der Waals surface area contributed by atoms with Crippen LogP contribution in [0.5, 0.6) is 0 Å². The van der Waals surface area contributed by atoms with Crippen LogP contribution in [0.25, 0.3) is 38.9 Å². The van der Waals surface area contributed by atoms with Gasteiger partial charge in [-0.15, -0.1) is 0 Å². The molecule has 3 aliphatic rings. The van der Waals surface area contributed by atoms with Crippen LogP contribution in [0.2, 0.25) is 0 Å². The number of nitrogens with zero attached hydrogens (tertiary/aromatic N) is 10. The smallest absolute Gasteiger partial charge is 0.131 e. The normalized spacial score (nSPS) is 15.8. The minimum atomic E-state index is 0.132. The van der Waals surface area contributed by atoms with E-state index in [0.29, 0.717) is 0 Å². The molecule has 11 nitrogen and oxygen atoms in total. The first-order valence-electron chi connectivity index (χ1n) is 20.6. The summed E-state index contributed by atoms with van der Waals surface area (Å²) in [5.41, 5.74) is 13.3. The molecule has 1 unspecified atom stereocenters. The summed E-state index contributed by atoms with van der Waals surface area (Å²) >= 11 is 0. The van der Waals surface area contributed by atoms with Crippen LogP contribution in [0.3, 0.4) is 0 Å². The van der Waals surface area contributed by atoms with Gasteiger partial charge in [-0.05, 0) is 82.5 Å². The lowest BCUT2D eigenvalue weighted by Crippen LogP contribution is -2.46. The van der Waals surface area contributed by atoms with Crippen molar-refractivity contribution in [2.24, 2.45) is 13.0 Å². The van der Waals surface area contributed by atoms with Gasteiger partial charge in [-0.25, -0.2) is 24.9 Å². The van der Waals surface area contributed by atoms with E-state index in [1.807, 2.05) is 50.5 Å². The Morgan fingerprint density at radius 3 is 2.17 bits per heavy atom. The molecule has 0 amide bonds. The number of aryl methyl sites for hydroxylation is 7. The van der Waals surface area contributed by atoms with Crippen molar-refractivity contribution in [3.63, 3.8) is 0 Å². The summed E-state index contributed by atoms with van der Waals surface area (Å²) in [5, 5.41) is 5.91. The molecule has 0 aliphatic carbocycles. The molecule has 1 N–H and O–H groups in total. The van der Waals surface area contributed by atoms with Gasteiger partial charge in [0, 0.05) is 91.4 Å². The number of allylic oxidation sites excluding steroid dienone is 2. The molecule has 296 valence electrons. The molecule has 5 aromatic heterocycles. The third-order valence-corrected chi connectivity index (χ3v) is 11.4. The quantitative estimate of drug-likeness (QED) is 0.169. The van der Waals surface area contributed by atoms with Gasteiger partial charge < -0.3 is 19.7 Å². The van der Waals surface area contributed by atoms with E-state index in [-0.39, 0.29) is 6.17 Å². The second-order valence-electron chi connectivity index (χ2n) is 15.3. The molecule has 3 aliphatic heterocycles. The van der Waals surface area contributed by atoms with Crippen molar-refractivity contribution in [3.05, 3.63) is 136 Å². The average Bonchev–Trinajstić information content (AvgIpc) is 3.74. The molecule has 0 radical (unpaired) electrons. The molecule has 1 saturated heterocycles. The van der Waals surface area contributed by atoms with E-state index in [4.69, 9.17) is 24.9 Å². The fraction of sp³-hybridized carbons (Fsp3) is 0.340. The predicted molar refractivity (Wildman–Crippen MR) is 234 cm³/mol. The number of hydrogen-bond donors (Lipinski definition) is 1. The summed E-state index contributed by atoms with van der Waals surface area (Å²) in [4.78, 5) is 37.6. The van der Waals surface area contributed by atoms with Crippen molar-refractivity contribution in [3.8, 4) is 0 Å². The molecule has 11 heteroatoms. The van der Waals surface area contributed by atoms with Crippen LogP contribution < -0.4 is 10.2 Å². The van der Waals surface area contributed by atoms with Crippen LogP contribution in [0.4, 0.5) is 5.69 Å². The first-order valence-corrected chi connectivity index (χ1v) is 20.6. The minimum Gasteiger partial charge on any atom is -0.368 e. The Hall–Kier alpha value is -6.23. The maximum absolute atomic E-state index is 4.94. The summed E-state index contributed by atoms with van der Waals surface area (Å²) in [6.45, 7) is 16.9.